The van der Waals surface area contributed by atoms with Gasteiger partial charge in [0.1, 0.15) is 0 Å². The fourth-order valence-corrected chi connectivity index (χ4v) is 4.19. The van der Waals surface area contributed by atoms with E-state index in [1.54, 1.807) is 0 Å². The topological polar surface area (TPSA) is 52.6 Å². The minimum Gasteiger partial charge on any atom is -0.465 e. The second-order valence-electron chi connectivity index (χ2n) is 8.06. The maximum atomic E-state index is 13.0. The van der Waals surface area contributed by atoms with E-state index < -0.39 is 11.9 Å². The average molecular weight is 419 g/mol. The van der Waals surface area contributed by atoms with Gasteiger partial charge in [-0.05, 0) is 73.6 Å². The summed E-state index contributed by atoms with van der Waals surface area (Å²) in [5.74, 6) is -0.835. The van der Waals surface area contributed by atoms with Gasteiger partial charge in [0, 0.05) is 0 Å². The summed E-state index contributed by atoms with van der Waals surface area (Å²) in [7, 11) is 2.80. The Kier molecular flexibility index (Phi) is 12.4. The zero-order valence-corrected chi connectivity index (χ0v) is 20.1. The minimum absolute atomic E-state index is 0.418. The van der Waals surface area contributed by atoms with E-state index in [-0.39, 0.29) is 0 Å². The summed E-state index contributed by atoms with van der Waals surface area (Å²) in [6, 6.07) is 0. The lowest BCUT2D eigenvalue weighted by molar-refractivity contribution is 0.0552. The van der Waals surface area contributed by atoms with Crippen LogP contribution in [0.5, 0.6) is 0 Å². The maximum absolute atomic E-state index is 13.0. The van der Waals surface area contributed by atoms with Crippen LogP contribution in [0.4, 0.5) is 0 Å². The SMILES string of the molecule is CCCCc1c(CCCC)c(CCCC)c(C(=O)OC)c(C(=O)OC)c1CCCC. The summed E-state index contributed by atoms with van der Waals surface area (Å²) < 4.78 is 10.4. The van der Waals surface area contributed by atoms with Crippen molar-refractivity contribution < 1.29 is 19.1 Å². The molecule has 1 aromatic rings. The molecule has 0 saturated heterocycles. The summed E-state index contributed by atoms with van der Waals surface area (Å²) in [5.41, 5.74) is 5.52. The lowest BCUT2D eigenvalue weighted by Gasteiger charge is -2.25. The van der Waals surface area contributed by atoms with Gasteiger partial charge in [-0.3, -0.25) is 0 Å². The first kappa shape index (κ1) is 26.2. The van der Waals surface area contributed by atoms with Gasteiger partial charge in [-0.2, -0.15) is 0 Å². The summed E-state index contributed by atoms with van der Waals surface area (Å²) in [6.45, 7) is 8.69. The van der Waals surface area contributed by atoms with Crippen molar-refractivity contribution in [3.8, 4) is 0 Å². The summed E-state index contributed by atoms with van der Waals surface area (Å²) in [4.78, 5) is 26.0. The number of hydrogen-bond acceptors (Lipinski definition) is 4. The number of benzene rings is 1. The molecule has 0 radical (unpaired) electrons. The van der Waals surface area contributed by atoms with Crippen molar-refractivity contribution >= 4 is 11.9 Å². The Balaban J connectivity index is 4.00. The number of hydrogen-bond donors (Lipinski definition) is 0. The van der Waals surface area contributed by atoms with Crippen molar-refractivity contribution in [2.75, 3.05) is 14.2 Å². The molecule has 0 atom stereocenters. The van der Waals surface area contributed by atoms with Gasteiger partial charge in [-0.25, -0.2) is 9.59 Å². The van der Waals surface area contributed by atoms with Crippen LogP contribution in [0.3, 0.4) is 0 Å². The highest BCUT2D eigenvalue weighted by Crippen LogP contribution is 2.34. The van der Waals surface area contributed by atoms with Gasteiger partial charge >= 0.3 is 11.9 Å². The Morgan fingerprint density at radius 3 is 1.03 bits per heavy atom. The monoisotopic (exact) mass is 418 g/mol. The van der Waals surface area contributed by atoms with Crippen LogP contribution in [-0.4, -0.2) is 26.2 Å². The molecule has 0 fully saturated rings. The van der Waals surface area contributed by atoms with Crippen LogP contribution in [0, 0.1) is 0 Å². The first-order chi connectivity index (χ1) is 14.5. The van der Waals surface area contributed by atoms with Crippen molar-refractivity contribution in [1.82, 2.24) is 0 Å². The van der Waals surface area contributed by atoms with E-state index in [0.717, 1.165) is 88.2 Å². The van der Waals surface area contributed by atoms with Gasteiger partial charge in [0.2, 0.25) is 0 Å². The highest BCUT2D eigenvalue weighted by molar-refractivity contribution is 6.06. The van der Waals surface area contributed by atoms with Crippen LogP contribution in [0.15, 0.2) is 0 Å². The van der Waals surface area contributed by atoms with Crippen molar-refractivity contribution in [3.63, 3.8) is 0 Å². The fraction of sp³-hybridized carbons (Fsp3) is 0.692. The van der Waals surface area contributed by atoms with Crippen LogP contribution >= 0.6 is 0 Å². The van der Waals surface area contributed by atoms with E-state index in [4.69, 9.17) is 9.47 Å². The van der Waals surface area contributed by atoms with E-state index in [0.29, 0.717) is 11.1 Å². The molecule has 0 unspecified atom stereocenters. The third-order valence-electron chi connectivity index (χ3n) is 5.85. The van der Waals surface area contributed by atoms with Crippen LogP contribution < -0.4 is 0 Å². The zero-order chi connectivity index (χ0) is 22.5. The van der Waals surface area contributed by atoms with Gasteiger partial charge in [-0.1, -0.05) is 53.4 Å². The standard InChI is InChI=1S/C26H42O4/c1-7-11-15-19-20(16-12-8-2)22(18-14-10-4)24(26(28)30-6)23(25(27)29-5)21(19)17-13-9-3/h7-18H2,1-6H3. The molecule has 1 rings (SSSR count). The number of esters is 2. The Morgan fingerprint density at radius 2 is 0.800 bits per heavy atom. The smallest absolute Gasteiger partial charge is 0.339 e. The molecular weight excluding hydrogens is 376 g/mol. The molecule has 0 amide bonds. The first-order valence-corrected chi connectivity index (χ1v) is 11.9. The molecule has 1 aromatic carbocycles. The number of rotatable bonds is 14. The molecule has 0 aliphatic rings. The highest BCUT2D eigenvalue weighted by atomic mass is 16.5. The molecule has 0 aliphatic carbocycles. The van der Waals surface area contributed by atoms with E-state index in [2.05, 4.69) is 27.7 Å². The van der Waals surface area contributed by atoms with Gasteiger partial charge in [0.15, 0.2) is 0 Å². The molecule has 0 saturated carbocycles. The summed E-state index contributed by atoms with van der Waals surface area (Å²) in [5, 5.41) is 0. The average Bonchev–Trinajstić information content (AvgIpc) is 2.77. The van der Waals surface area contributed by atoms with Gasteiger partial charge in [0.05, 0.1) is 25.3 Å². The third kappa shape index (κ3) is 6.58. The molecule has 0 aliphatic heterocycles. The lowest BCUT2D eigenvalue weighted by atomic mass is 9.79. The zero-order valence-electron chi connectivity index (χ0n) is 20.1. The number of carbonyl (C=O) groups excluding carboxylic acids is 2. The predicted molar refractivity (Wildman–Crippen MR) is 124 cm³/mol. The Hall–Kier alpha value is -1.84. The predicted octanol–water partition coefficient (Wildman–Crippen LogP) is 6.63. The third-order valence-corrected chi connectivity index (χ3v) is 5.85. The molecule has 4 nitrogen and oxygen atoms in total. The number of carbonyl (C=O) groups is 2. The van der Waals surface area contributed by atoms with Crippen molar-refractivity contribution in [1.29, 1.82) is 0 Å². The first-order valence-electron chi connectivity index (χ1n) is 11.9. The molecule has 4 heteroatoms. The van der Waals surface area contributed by atoms with Crippen molar-refractivity contribution in [2.45, 2.75) is 105 Å². The van der Waals surface area contributed by atoms with Crippen LogP contribution in [0.2, 0.25) is 0 Å². The number of ether oxygens (including phenoxy) is 2. The van der Waals surface area contributed by atoms with E-state index in [9.17, 15) is 9.59 Å². The summed E-state index contributed by atoms with van der Waals surface area (Å²) >= 11 is 0. The second-order valence-corrected chi connectivity index (χ2v) is 8.06. The van der Waals surface area contributed by atoms with Crippen molar-refractivity contribution in [2.24, 2.45) is 0 Å². The van der Waals surface area contributed by atoms with E-state index >= 15 is 0 Å². The van der Waals surface area contributed by atoms with Crippen LogP contribution in [0.1, 0.15) is 122 Å². The van der Waals surface area contributed by atoms with E-state index in [1.165, 1.54) is 25.3 Å². The molecular formula is C26H42O4. The van der Waals surface area contributed by atoms with E-state index in [1.807, 2.05) is 0 Å². The van der Waals surface area contributed by atoms with Crippen LogP contribution in [-0.2, 0) is 35.2 Å². The van der Waals surface area contributed by atoms with Gasteiger partial charge in [-0.15, -0.1) is 0 Å². The van der Waals surface area contributed by atoms with Crippen LogP contribution in [0.25, 0.3) is 0 Å². The quantitative estimate of drug-likeness (QED) is 0.318. The maximum Gasteiger partial charge on any atom is 0.339 e. The molecule has 0 spiro atoms. The Morgan fingerprint density at radius 1 is 0.533 bits per heavy atom. The Bertz CT molecular complexity index is 632. The second kappa shape index (κ2) is 14.2. The van der Waals surface area contributed by atoms with Gasteiger partial charge in [0.25, 0.3) is 0 Å². The largest absolute Gasteiger partial charge is 0.465 e. The number of methoxy groups -OCH3 is 2. The summed E-state index contributed by atoms with van der Waals surface area (Å²) in [6.07, 6.45) is 11.8. The molecule has 0 heterocycles. The molecule has 0 bridgehead atoms. The van der Waals surface area contributed by atoms with Crippen molar-refractivity contribution in [3.05, 3.63) is 33.4 Å². The fourth-order valence-electron chi connectivity index (χ4n) is 4.19. The molecule has 0 N–H and O–H groups in total. The molecule has 170 valence electrons. The lowest BCUT2D eigenvalue weighted by Crippen LogP contribution is -2.22. The number of unbranched alkanes of at least 4 members (excludes halogenated alkanes) is 4. The highest BCUT2D eigenvalue weighted by Gasteiger charge is 2.30. The Labute approximate surface area is 183 Å². The minimum atomic E-state index is -0.418. The molecule has 0 aromatic heterocycles. The normalized spacial score (nSPS) is 10.9. The van der Waals surface area contributed by atoms with Gasteiger partial charge < -0.3 is 9.47 Å². The molecule has 30 heavy (non-hydrogen) atoms.